The average molecular weight is 379 g/mol. The Kier molecular flexibility index (Phi) is 5.81. The summed E-state index contributed by atoms with van der Waals surface area (Å²) in [7, 11) is -3.66. The lowest BCUT2D eigenvalue weighted by molar-refractivity contribution is -0.131. The third-order valence-electron chi connectivity index (χ3n) is 3.89. The van der Waals surface area contributed by atoms with Gasteiger partial charge in [-0.15, -0.1) is 0 Å². The van der Waals surface area contributed by atoms with Gasteiger partial charge in [0, 0.05) is 13.1 Å². The van der Waals surface area contributed by atoms with Crippen LogP contribution in [-0.2, 0) is 14.8 Å². The summed E-state index contributed by atoms with van der Waals surface area (Å²) < 4.78 is 25.3. The number of anilines is 1. The molecule has 1 aromatic rings. The van der Waals surface area contributed by atoms with Gasteiger partial charge in [0.2, 0.25) is 15.9 Å². The van der Waals surface area contributed by atoms with Crippen LogP contribution in [0, 0.1) is 5.92 Å². The van der Waals surface area contributed by atoms with E-state index in [1.54, 1.807) is 23.1 Å². The van der Waals surface area contributed by atoms with Gasteiger partial charge in [0.25, 0.3) is 0 Å². The van der Waals surface area contributed by atoms with Crippen LogP contribution >= 0.6 is 23.2 Å². The Bertz CT molecular complexity index is 694. The fourth-order valence-corrected chi connectivity index (χ4v) is 4.01. The monoisotopic (exact) mass is 378 g/mol. The highest BCUT2D eigenvalue weighted by Crippen LogP contribution is 2.33. The Hall–Kier alpha value is -0.980. The van der Waals surface area contributed by atoms with Crippen molar-refractivity contribution in [3.63, 3.8) is 0 Å². The minimum atomic E-state index is -3.66. The molecule has 1 heterocycles. The van der Waals surface area contributed by atoms with Crippen LogP contribution in [0.3, 0.4) is 0 Å². The highest BCUT2D eigenvalue weighted by atomic mass is 35.5. The second kappa shape index (κ2) is 7.28. The number of nitrogens with zero attached hydrogens (tertiary/aromatic N) is 2. The smallest absolute Gasteiger partial charge is 0.243 e. The van der Waals surface area contributed by atoms with E-state index in [-0.39, 0.29) is 28.2 Å². The van der Waals surface area contributed by atoms with Gasteiger partial charge in [-0.1, -0.05) is 36.2 Å². The molecule has 0 unspecified atom stereocenters. The maximum Gasteiger partial charge on any atom is 0.243 e. The average Bonchev–Trinajstić information content (AvgIpc) is 2.46. The van der Waals surface area contributed by atoms with Gasteiger partial charge in [0.1, 0.15) is 6.54 Å². The summed E-state index contributed by atoms with van der Waals surface area (Å²) in [6, 6.07) is 4.72. The van der Waals surface area contributed by atoms with Crippen LogP contribution in [0.1, 0.15) is 19.8 Å². The standard InChI is InChI=1S/C15H20Cl2N2O3S/c1-11-5-4-8-18(9-11)14(20)10-19(23(2,21)22)13-7-3-6-12(16)15(13)17/h3,6-7,11H,4-5,8-10H2,1-2H3/t11-/m1/s1. The van der Waals surface area contributed by atoms with Crippen molar-refractivity contribution >= 4 is 44.8 Å². The van der Waals surface area contributed by atoms with E-state index in [4.69, 9.17) is 23.2 Å². The molecule has 1 aliphatic heterocycles. The molecule has 23 heavy (non-hydrogen) atoms. The summed E-state index contributed by atoms with van der Waals surface area (Å²) in [6.07, 6.45) is 3.07. The molecule has 5 nitrogen and oxygen atoms in total. The van der Waals surface area contributed by atoms with Crippen molar-refractivity contribution in [1.29, 1.82) is 0 Å². The van der Waals surface area contributed by atoms with Crippen LogP contribution in [0.25, 0.3) is 0 Å². The number of carbonyl (C=O) groups is 1. The third-order valence-corrected chi connectivity index (χ3v) is 5.82. The van der Waals surface area contributed by atoms with Gasteiger partial charge in [-0.3, -0.25) is 9.10 Å². The Morgan fingerprint density at radius 1 is 1.39 bits per heavy atom. The minimum absolute atomic E-state index is 0.124. The largest absolute Gasteiger partial charge is 0.341 e. The lowest BCUT2D eigenvalue weighted by Crippen LogP contribution is -2.46. The molecule has 0 radical (unpaired) electrons. The van der Waals surface area contributed by atoms with Crippen molar-refractivity contribution in [2.45, 2.75) is 19.8 Å². The number of hydrogen-bond acceptors (Lipinski definition) is 3. The second-order valence-electron chi connectivity index (χ2n) is 5.93. The summed E-state index contributed by atoms with van der Waals surface area (Å²) in [5, 5.41) is 0.372. The predicted octanol–water partition coefficient (Wildman–Crippen LogP) is 3.02. The summed E-state index contributed by atoms with van der Waals surface area (Å²) in [5.74, 6) is 0.201. The molecule has 0 bridgehead atoms. The van der Waals surface area contributed by atoms with Gasteiger partial charge >= 0.3 is 0 Å². The molecule has 8 heteroatoms. The molecule has 1 amide bonds. The first-order valence-electron chi connectivity index (χ1n) is 7.39. The molecule has 2 rings (SSSR count). The van der Waals surface area contributed by atoms with Gasteiger partial charge in [-0.2, -0.15) is 0 Å². The molecule has 128 valence electrons. The van der Waals surface area contributed by atoms with E-state index in [9.17, 15) is 13.2 Å². The van der Waals surface area contributed by atoms with Gasteiger partial charge in [-0.25, -0.2) is 8.42 Å². The molecule has 1 fully saturated rings. The van der Waals surface area contributed by atoms with Crippen LogP contribution in [0.4, 0.5) is 5.69 Å². The van der Waals surface area contributed by atoms with Gasteiger partial charge in [0.15, 0.2) is 0 Å². The normalized spacial score (nSPS) is 18.8. The number of likely N-dealkylation sites (tertiary alicyclic amines) is 1. The highest BCUT2D eigenvalue weighted by Gasteiger charge is 2.28. The van der Waals surface area contributed by atoms with Crippen LogP contribution in [0.5, 0.6) is 0 Å². The van der Waals surface area contributed by atoms with Crippen molar-refractivity contribution in [2.24, 2.45) is 5.92 Å². The lowest BCUT2D eigenvalue weighted by Gasteiger charge is -2.33. The van der Waals surface area contributed by atoms with Crippen LogP contribution in [-0.4, -0.2) is 45.1 Å². The van der Waals surface area contributed by atoms with E-state index in [1.165, 1.54) is 0 Å². The van der Waals surface area contributed by atoms with Gasteiger partial charge < -0.3 is 4.90 Å². The Balaban J connectivity index is 2.27. The predicted molar refractivity (Wildman–Crippen MR) is 93.6 cm³/mol. The molecule has 1 atom stereocenters. The first-order chi connectivity index (χ1) is 10.7. The number of hydrogen-bond donors (Lipinski definition) is 0. The van der Waals surface area contributed by atoms with Gasteiger partial charge in [-0.05, 0) is 30.9 Å². The molecule has 1 saturated heterocycles. The fourth-order valence-electron chi connectivity index (χ4n) is 2.70. The molecule has 0 aromatic heterocycles. The molecule has 1 aromatic carbocycles. The zero-order valence-corrected chi connectivity index (χ0v) is 15.5. The van der Waals surface area contributed by atoms with Crippen LogP contribution < -0.4 is 4.31 Å². The first kappa shape index (κ1) is 18.4. The third kappa shape index (κ3) is 4.52. The number of piperidine rings is 1. The zero-order valence-electron chi connectivity index (χ0n) is 13.1. The van der Waals surface area contributed by atoms with E-state index in [0.717, 1.165) is 23.4 Å². The number of sulfonamides is 1. The zero-order chi connectivity index (χ0) is 17.2. The first-order valence-corrected chi connectivity index (χ1v) is 10.00. The summed E-state index contributed by atoms with van der Waals surface area (Å²) >= 11 is 12.1. The summed E-state index contributed by atoms with van der Waals surface area (Å²) in [6.45, 7) is 3.12. The topological polar surface area (TPSA) is 57.7 Å². The van der Waals surface area contributed by atoms with E-state index >= 15 is 0 Å². The fraction of sp³-hybridized carbons (Fsp3) is 0.533. The number of amides is 1. The van der Waals surface area contributed by atoms with Crippen molar-refractivity contribution in [3.05, 3.63) is 28.2 Å². The number of benzene rings is 1. The van der Waals surface area contributed by atoms with Gasteiger partial charge in [0.05, 0.1) is 22.0 Å². The van der Waals surface area contributed by atoms with Crippen LogP contribution in [0.15, 0.2) is 18.2 Å². The quantitative estimate of drug-likeness (QED) is 0.808. The maximum absolute atomic E-state index is 12.5. The van der Waals surface area contributed by atoms with Crippen molar-refractivity contribution in [3.8, 4) is 0 Å². The summed E-state index contributed by atoms with van der Waals surface area (Å²) in [4.78, 5) is 14.2. The van der Waals surface area contributed by atoms with E-state index in [1.807, 2.05) is 0 Å². The molecule has 0 saturated carbocycles. The number of rotatable bonds is 4. The van der Waals surface area contributed by atoms with Crippen molar-refractivity contribution < 1.29 is 13.2 Å². The highest BCUT2D eigenvalue weighted by molar-refractivity contribution is 7.92. The molecule has 0 aliphatic carbocycles. The van der Waals surface area contributed by atoms with Crippen molar-refractivity contribution in [2.75, 3.05) is 30.2 Å². The van der Waals surface area contributed by atoms with E-state index in [0.29, 0.717) is 19.0 Å². The molecular weight excluding hydrogens is 359 g/mol. The Labute approximate surface area is 147 Å². The summed E-state index contributed by atoms with van der Waals surface area (Å²) in [5.41, 5.74) is 0.222. The molecule has 0 spiro atoms. The molecule has 1 aliphatic rings. The van der Waals surface area contributed by atoms with E-state index < -0.39 is 10.0 Å². The Morgan fingerprint density at radius 2 is 2.09 bits per heavy atom. The van der Waals surface area contributed by atoms with Crippen molar-refractivity contribution in [1.82, 2.24) is 4.90 Å². The lowest BCUT2D eigenvalue weighted by atomic mass is 10.0. The SMILES string of the molecule is C[C@@H]1CCCN(C(=O)CN(c2cccc(Cl)c2Cl)S(C)(=O)=O)C1. The van der Waals surface area contributed by atoms with Crippen LogP contribution in [0.2, 0.25) is 10.0 Å². The maximum atomic E-state index is 12.5. The second-order valence-corrected chi connectivity index (χ2v) is 8.62. The number of carbonyl (C=O) groups excluding carboxylic acids is 1. The molecular formula is C15H20Cl2N2O3S. The molecule has 0 N–H and O–H groups in total. The minimum Gasteiger partial charge on any atom is -0.341 e. The van der Waals surface area contributed by atoms with E-state index in [2.05, 4.69) is 6.92 Å². The Morgan fingerprint density at radius 3 is 2.70 bits per heavy atom. The number of halogens is 2.